The molecule has 3 aromatic carbocycles. The number of sulfone groups is 1. The third-order valence-corrected chi connectivity index (χ3v) is 6.99. The van der Waals surface area contributed by atoms with Crippen molar-refractivity contribution in [1.29, 1.82) is 5.26 Å². The van der Waals surface area contributed by atoms with Crippen LogP contribution < -0.4 is 4.90 Å². The van der Waals surface area contributed by atoms with E-state index in [9.17, 15) is 18.5 Å². The summed E-state index contributed by atoms with van der Waals surface area (Å²) in [6.07, 6.45) is 2.87. The van der Waals surface area contributed by atoms with Gasteiger partial charge in [0.25, 0.3) is 5.91 Å². The third kappa shape index (κ3) is 3.64. The zero-order valence-electron chi connectivity index (χ0n) is 18.5. The largest absolute Gasteiger partial charge is 0.276 e. The second-order valence-electron chi connectivity index (χ2n) is 8.19. The summed E-state index contributed by atoms with van der Waals surface area (Å²) in [6.45, 7) is 1.82. The normalized spacial score (nSPS) is 14.4. The second kappa shape index (κ2) is 7.94. The van der Waals surface area contributed by atoms with E-state index in [-0.39, 0.29) is 10.8 Å². The van der Waals surface area contributed by atoms with Crippen molar-refractivity contribution in [3.8, 4) is 6.07 Å². The van der Waals surface area contributed by atoms with Gasteiger partial charge >= 0.3 is 0 Å². The average molecular weight is 466 g/mol. The van der Waals surface area contributed by atoms with Crippen molar-refractivity contribution in [3.63, 3.8) is 0 Å². The predicted octanol–water partition coefficient (Wildman–Crippen LogP) is 5.04. The van der Waals surface area contributed by atoms with Crippen molar-refractivity contribution in [3.05, 3.63) is 95.2 Å². The fourth-order valence-electron chi connectivity index (χ4n) is 4.11. The molecule has 0 saturated carbocycles. The quantitative estimate of drug-likeness (QED) is 0.396. The van der Waals surface area contributed by atoms with Gasteiger partial charge in [0.2, 0.25) is 0 Å². The Bertz CT molecular complexity index is 1660. The van der Waals surface area contributed by atoms with Gasteiger partial charge in [0.15, 0.2) is 9.84 Å². The molecule has 1 aliphatic heterocycles. The summed E-state index contributed by atoms with van der Waals surface area (Å²) in [7, 11) is -3.36. The number of pyridine rings is 1. The van der Waals surface area contributed by atoms with Gasteiger partial charge in [0.05, 0.1) is 39.0 Å². The van der Waals surface area contributed by atoms with Gasteiger partial charge in [-0.15, -0.1) is 0 Å². The molecule has 7 heteroatoms. The fourth-order valence-corrected chi connectivity index (χ4v) is 4.74. The van der Waals surface area contributed by atoms with E-state index in [0.717, 1.165) is 22.7 Å². The van der Waals surface area contributed by atoms with Crippen LogP contribution >= 0.6 is 0 Å². The molecule has 5 rings (SSSR count). The van der Waals surface area contributed by atoms with Crippen LogP contribution in [0.1, 0.15) is 22.4 Å². The maximum absolute atomic E-state index is 13.7. The molecule has 0 radical (unpaired) electrons. The molecule has 4 aromatic rings. The standard InChI is InChI=1S/C27H19N3O3S/c1-17-13-26-23(14-19(17)16-28)24(15-20-8-7-18-5-3-4-6-25(18)29-20)27(31)30(26)21-9-11-22(12-10-21)34(2,32)33/h3-15H,1-2H3/b24-15-. The molecule has 1 aliphatic rings. The Morgan fingerprint density at radius 1 is 1.00 bits per heavy atom. The highest BCUT2D eigenvalue weighted by molar-refractivity contribution is 7.90. The summed E-state index contributed by atoms with van der Waals surface area (Å²) in [5.41, 5.74) is 4.91. The number of para-hydroxylation sites is 1. The number of rotatable bonds is 3. The molecule has 0 spiro atoms. The van der Waals surface area contributed by atoms with E-state index in [1.165, 1.54) is 12.1 Å². The number of nitriles is 1. The molecule has 6 nitrogen and oxygen atoms in total. The number of carbonyl (C=O) groups excluding carboxylic acids is 1. The van der Waals surface area contributed by atoms with Crippen molar-refractivity contribution in [2.24, 2.45) is 0 Å². The van der Waals surface area contributed by atoms with Crippen molar-refractivity contribution >= 4 is 49.7 Å². The van der Waals surface area contributed by atoms with Gasteiger partial charge in [0, 0.05) is 22.9 Å². The van der Waals surface area contributed by atoms with Crippen LogP contribution in [0.3, 0.4) is 0 Å². The number of nitrogens with zero attached hydrogens (tertiary/aromatic N) is 3. The van der Waals surface area contributed by atoms with Crippen molar-refractivity contribution < 1.29 is 13.2 Å². The molecule has 0 unspecified atom stereocenters. The molecule has 0 atom stereocenters. The Kier molecular flexibility index (Phi) is 5.03. The fraction of sp³-hybridized carbons (Fsp3) is 0.0741. The van der Waals surface area contributed by atoms with Crippen LogP contribution in [-0.2, 0) is 14.6 Å². The molecule has 1 aromatic heterocycles. The van der Waals surface area contributed by atoms with Gasteiger partial charge in [-0.05, 0) is 67.1 Å². The summed E-state index contributed by atoms with van der Waals surface area (Å²) in [5.74, 6) is -0.272. The molecule has 0 saturated heterocycles. The first kappa shape index (κ1) is 21.6. The number of aromatic nitrogens is 1. The lowest BCUT2D eigenvalue weighted by Gasteiger charge is -2.18. The molecule has 2 heterocycles. The average Bonchev–Trinajstić information content (AvgIpc) is 3.08. The number of anilines is 2. The number of amides is 1. The molecule has 0 bridgehead atoms. The summed E-state index contributed by atoms with van der Waals surface area (Å²) in [5, 5.41) is 10.6. The molecule has 34 heavy (non-hydrogen) atoms. The number of fused-ring (bicyclic) bond motifs is 2. The minimum absolute atomic E-state index is 0.176. The number of carbonyl (C=O) groups is 1. The Morgan fingerprint density at radius 3 is 2.44 bits per heavy atom. The molecular formula is C27H19N3O3S. The van der Waals surface area contributed by atoms with Crippen LogP contribution in [0.4, 0.5) is 11.4 Å². The van der Waals surface area contributed by atoms with E-state index >= 15 is 0 Å². The van der Waals surface area contributed by atoms with E-state index in [1.54, 1.807) is 29.2 Å². The Labute approximate surface area is 197 Å². The Hall–Kier alpha value is -4.28. The number of hydrogen-bond acceptors (Lipinski definition) is 5. The summed E-state index contributed by atoms with van der Waals surface area (Å²) in [6, 6.07) is 23.5. The maximum atomic E-state index is 13.7. The third-order valence-electron chi connectivity index (χ3n) is 5.86. The molecule has 1 amide bonds. The topological polar surface area (TPSA) is 91.1 Å². The molecule has 0 aliphatic carbocycles. The first-order valence-corrected chi connectivity index (χ1v) is 12.4. The van der Waals surface area contributed by atoms with Crippen molar-refractivity contribution in [1.82, 2.24) is 4.98 Å². The lowest BCUT2D eigenvalue weighted by Crippen LogP contribution is -2.20. The van der Waals surface area contributed by atoms with E-state index in [2.05, 4.69) is 11.1 Å². The van der Waals surface area contributed by atoms with E-state index < -0.39 is 9.84 Å². The summed E-state index contributed by atoms with van der Waals surface area (Å²) >= 11 is 0. The molecule has 0 fully saturated rings. The highest BCUT2D eigenvalue weighted by Crippen LogP contribution is 2.43. The van der Waals surface area contributed by atoms with Crippen LogP contribution in [0.2, 0.25) is 0 Å². The SMILES string of the molecule is Cc1cc2c(cc1C#N)/C(=C/c1ccc3ccccc3n1)C(=O)N2c1ccc(S(C)(=O)=O)cc1. The minimum atomic E-state index is -3.36. The predicted molar refractivity (Wildman–Crippen MR) is 132 cm³/mol. The highest BCUT2D eigenvalue weighted by Gasteiger charge is 2.34. The maximum Gasteiger partial charge on any atom is 0.263 e. The number of aryl methyl sites for hydroxylation is 1. The van der Waals surface area contributed by atoms with Gasteiger partial charge in [-0.25, -0.2) is 13.4 Å². The van der Waals surface area contributed by atoms with Gasteiger partial charge in [0.1, 0.15) is 0 Å². The van der Waals surface area contributed by atoms with E-state index in [1.807, 2.05) is 49.4 Å². The van der Waals surface area contributed by atoms with Crippen LogP contribution in [0.15, 0.2) is 77.7 Å². The first-order chi connectivity index (χ1) is 16.3. The molecule has 0 N–H and O–H groups in total. The first-order valence-electron chi connectivity index (χ1n) is 10.5. The number of hydrogen-bond donors (Lipinski definition) is 0. The molecule has 166 valence electrons. The second-order valence-corrected chi connectivity index (χ2v) is 10.2. The van der Waals surface area contributed by atoms with Gasteiger partial charge in [-0.2, -0.15) is 5.26 Å². The van der Waals surface area contributed by atoms with Gasteiger partial charge in [-0.1, -0.05) is 24.3 Å². The molecular weight excluding hydrogens is 446 g/mol. The monoisotopic (exact) mass is 465 g/mol. The lowest BCUT2D eigenvalue weighted by atomic mass is 10.00. The zero-order chi connectivity index (χ0) is 24.0. The zero-order valence-corrected chi connectivity index (χ0v) is 19.3. The number of benzene rings is 3. The summed E-state index contributed by atoms with van der Waals surface area (Å²) < 4.78 is 23.7. The van der Waals surface area contributed by atoms with Gasteiger partial charge < -0.3 is 0 Å². The highest BCUT2D eigenvalue weighted by atomic mass is 32.2. The minimum Gasteiger partial charge on any atom is -0.276 e. The van der Waals surface area contributed by atoms with E-state index in [4.69, 9.17) is 0 Å². The Morgan fingerprint density at radius 2 is 1.74 bits per heavy atom. The Balaban J connectivity index is 1.67. The van der Waals surface area contributed by atoms with Crippen LogP contribution in [0.5, 0.6) is 0 Å². The van der Waals surface area contributed by atoms with Crippen LogP contribution in [0.25, 0.3) is 22.6 Å². The van der Waals surface area contributed by atoms with E-state index in [0.29, 0.717) is 33.8 Å². The van der Waals surface area contributed by atoms with Crippen molar-refractivity contribution in [2.45, 2.75) is 11.8 Å². The van der Waals surface area contributed by atoms with Crippen LogP contribution in [-0.4, -0.2) is 25.6 Å². The smallest absolute Gasteiger partial charge is 0.263 e. The lowest BCUT2D eigenvalue weighted by molar-refractivity contribution is -0.112. The van der Waals surface area contributed by atoms with Crippen molar-refractivity contribution in [2.75, 3.05) is 11.2 Å². The van der Waals surface area contributed by atoms with Crippen LogP contribution in [0, 0.1) is 18.3 Å². The van der Waals surface area contributed by atoms with Gasteiger partial charge in [-0.3, -0.25) is 9.69 Å². The summed E-state index contributed by atoms with van der Waals surface area (Å²) in [4.78, 5) is 20.0.